The van der Waals surface area contributed by atoms with Gasteiger partial charge in [-0.2, -0.15) is 0 Å². The van der Waals surface area contributed by atoms with Crippen molar-refractivity contribution in [1.82, 2.24) is 15.2 Å². The molecule has 3 N–H and O–H groups in total. The predicted molar refractivity (Wildman–Crippen MR) is 98.2 cm³/mol. The summed E-state index contributed by atoms with van der Waals surface area (Å²) in [6.45, 7) is 2.02. The number of rotatable bonds is 5. The molecule has 1 fully saturated rings. The number of nitrogens with zero attached hydrogens (tertiary/aromatic N) is 2. The van der Waals surface area contributed by atoms with Gasteiger partial charge in [-0.15, -0.1) is 11.3 Å². The highest BCUT2D eigenvalue weighted by atomic mass is 32.1. The average Bonchev–Trinajstić information content (AvgIpc) is 3.16. The van der Waals surface area contributed by atoms with Gasteiger partial charge in [-0.25, -0.2) is 4.98 Å². The Labute approximate surface area is 151 Å². The number of hydrogen-bond donors (Lipinski definition) is 2. The van der Waals surface area contributed by atoms with Gasteiger partial charge in [0.05, 0.1) is 12.1 Å². The zero-order chi connectivity index (χ0) is 17.6. The van der Waals surface area contributed by atoms with Crippen LogP contribution in [0.4, 0.5) is 0 Å². The molecule has 25 heavy (non-hydrogen) atoms. The van der Waals surface area contributed by atoms with Crippen LogP contribution in [0.25, 0.3) is 10.6 Å². The molecule has 1 aromatic carbocycles. The third-order valence-electron chi connectivity index (χ3n) is 4.26. The smallest absolute Gasteiger partial charge is 0.265 e. The van der Waals surface area contributed by atoms with Gasteiger partial charge in [-0.1, -0.05) is 30.3 Å². The van der Waals surface area contributed by atoms with E-state index in [9.17, 15) is 9.59 Å². The summed E-state index contributed by atoms with van der Waals surface area (Å²) >= 11 is 1.39. The molecule has 2 amide bonds. The Hall–Kier alpha value is -2.25. The van der Waals surface area contributed by atoms with E-state index in [1.807, 2.05) is 30.3 Å². The van der Waals surface area contributed by atoms with Crippen molar-refractivity contribution in [2.24, 2.45) is 11.7 Å². The Kier molecular flexibility index (Phi) is 5.78. The van der Waals surface area contributed by atoms with E-state index in [1.165, 1.54) is 11.3 Å². The number of nitrogens with two attached hydrogens (primary N) is 1. The topological polar surface area (TPSA) is 88.3 Å². The molecule has 3 rings (SSSR count). The first-order valence-corrected chi connectivity index (χ1v) is 9.29. The lowest BCUT2D eigenvalue weighted by molar-refractivity contribution is -0.126. The highest BCUT2D eigenvalue weighted by Crippen LogP contribution is 2.27. The number of carbonyl (C=O) groups is 2. The Morgan fingerprint density at radius 1 is 1.32 bits per heavy atom. The van der Waals surface area contributed by atoms with Gasteiger partial charge in [0.1, 0.15) is 9.88 Å². The summed E-state index contributed by atoms with van der Waals surface area (Å²) in [6, 6.07) is 9.81. The van der Waals surface area contributed by atoms with Gasteiger partial charge in [0.15, 0.2) is 0 Å². The average molecular weight is 358 g/mol. The van der Waals surface area contributed by atoms with E-state index < -0.39 is 0 Å². The van der Waals surface area contributed by atoms with Gasteiger partial charge >= 0.3 is 0 Å². The second-order valence-corrected chi connectivity index (χ2v) is 7.10. The second-order valence-electron chi connectivity index (χ2n) is 6.07. The molecular formula is C18H22N4O2S. The van der Waals surface area contributed by atoms with Crippen LogP contribution in [-0.4, -0.2) is 47.9 Å². The number of thiazole rings is 1. The van der Waals surface area contributed by atoms with Crippen molar-refractivity contribution in [2.45, 2.75) is 12.8 Å². The van der Waals surface area contributed by atoms with E-state index >= 15 is 0 Å². The molecule has 0 aliphatic carbocycles. The van der Waals surface area contributed by atoms with Crippen LogP contribution in [0.3, 0.4) is 0 Å². The number of carbonyl (C=O) groups excluding carboxylic acids is 2. The number of aromatic nitrogens is 1. The van der Waals surface area contributed by atoms with Crippen molar-refractivity contribution in [3.05, 3.63) is 41.4 Å². The Bertz CT molecular complexity index is 732. The maximum absolute atomic E-state index is 12.8. The summed E-state index contributed by atoms with van der Waals surface area (Å²) in [6.07, 6.45) is 3.27. The minimum absolute atomic E-state index is 0.0165. The lowest BCUT2D eigenvalue weighted by Gasteiger charge is -2.31. The molecule has 0 bridgehead atoms. The van der Waals surface area contributed by atoms with Crippen molar-refractivity contribution >= 4 is 23.2 Å². The minimum Gasteiger partial charge on any atom is -0.355 e. The van der Waals surface area contributed by atoms with Gasteiger partial charge in [-0.05, 0) is 12.8 Å². The van der Waals surface area contributed by atoms with Gasteiger partial charge in [0.2, 0.25) is 5.91 Å². The van der Waals surface area contributed by atoms with Gasteiger partial charge < -0.3 is 16.0 Å². The first kappa shape index (κ1) is 17.6. The second kappa shape index (κ2) is 8.22. The molecule has 7 heteroatoms. The van der Waals surface area contributed by atoms with Gasteiger partial charge in [0.25, 0.3) is 5.91 Å². The lowest BCUT2D eigenvalue weighted by Crippen LogP contribution is -2.46. The Morgan fingerprint density at radius 3 is 2.88 bits per heavy atom. The standard InChI is InChI=1S/C18H22N4O2S/c19-8-9-20-16(23)14-7-4-10-22(12-14)18(24)15-11-21-17(25-15)13-5-2-1-3-6-13/h1-3,5-6,11,14H,4,7-10,12,19H2,(H,20,23). The van der Waals surface area contributed by atoms with Crippen molar-refractivity contribution in [2.75, 3.05) is 26.2 Å². The highest BCUT2D eigenvalue weighted by molar-refractivity contribution is 7.16. The zero-order valence-electron chi connectivity index (χ0n) is 14.0. The summed E-state index contributed by atoms with van der Waals surface area (Å²) in [5.74, 6) is -0.223. The van der Waals surface area contributed by atoms with E-state index in [-0.39, 0.29) is 17.7 Å². The summed E-state index contributed by atoms with van der Waals surface area (Å²) in [4.78, 5) is 31.7. The summed E-state index contributed by atoms with van der Waals surface area (Å²) in [5, 5.41) is 3.65. The largest absolute Gasteiger partial charge is 0.355 e. The Morgan fingerprint density at radius 2 is 2.12 bits per heavy atom. The summed E-state index contributed by atoms with van der Waals surface area (Å²) in [7, 11) is 0. The number of likely N-dealkylation sites (tertiary alicyclic amines) is 1. The fourth-order valence-electron chi connectivity index (χ4n) is 2.96. The van der Waals surface area contributed by atoms with Gasteiger partial charge in [0, 0.05) is 31.7 Å². The van der Waals surface area contributed by atoms with Crippen molar-refractivity contribution in [3.8, 4) is 10.6 Å². The highest BCUT2D eigenvalue weighted by Gasteiger charge is 2.29. The van der Waals surface area contributed by atoms with E-state index in [0.717, 1.165) is 23.4 Å². The van der Waals surface area contributed by atoms with Crippen LogP contribution in [-0.2, 0) is 4.79 Å². The molecule has 132 valence electrons. The van der Waals surface area contributed by atoms with Crippen LogP contribution in [0.5, 0.6) is 0 Å². The maximum atomic E-state index is 12.8. The molecular weight excluding hydrogens is 336 g/mol. The van der Waals surface area contributed by atoms with Crippen molar-refractivity contribution in [1.29, 1.82) is 0 Å². The number of amides is 2. The molecule has 0 spiro atoms. The minimum atomic E-state index is -0.161. The fourth-order valence-corrected chi connectivity index (χ4v) is 3.85. The Balaban J connectivity index is 1.66. The van der Waals surface area contributed by atoms with Crippen LogP contribution >= 0.6 is 11.3 Å². The van der Waals surface area contributed by atoms with E-state index in [2.05, 4.69) is 10.3 Å². The van der Waals surface area contributed by atoms with E-state index in [4.69, 9.17) is 5.73 Å². The molecule has 1 unspecified atom stereocenters. The molecule has 1 atom stereocenters. The first-order valence-electron chi connectivity index (χ1n) is 8.47. The van der Waals surface area contributed by atoms with Gasteiger partial charge in [-0.3, -0.25) is 9.59 Å². The van der Waals surface area contributed by atoms with Crippen LogP contribution in [0.15, 0.2) is 36.5 Å². The number of hydrogen-bond acceptors (Lipinski definition) is 5. The molecule has 6 nitrogen and oxygen atoms in total. The van der Waals surface area contributed by atoms with E-state index in [0.29, 0.717) is 31.1 Å². The molecule has 0 radical (unpaired) electrons. The number of piperidine rings is 1. The number of benzene rings is 1. The van der Waals surface area contributed by atoms with Crippen LogP contribution in [0.1, 0.15) is 22.5 Å². The van der Waals surface area contributed by atoms with Crippen molar-refractivity contribution in [3.63, 3.8) is 0 Å². The monoisotopic (exact) mass is 358 g/mol. The first-order chi connectivity index (χ1) is 12.2. The maximum Gasteiger partial charge on any atom is 0.265 e. The number of nitrogens with one attached hydrogen (secondary N) is 1. The van der Waals surface area contributed by atoms with E-state index in [1.54, 1.807) is 11.1 Å². The molecule has 1 aliphatic heterocycles. The molecule has 1 saturated heterocycles. The summed E-state index contributed by atoms with van der Waals surface area (Å²) < 4.78 is 0. The molecule has 0 saturated carbocycles. The summed E-state index contributed by atoms with van der Waals surface area (Å²) in [5.41, 5.74) is 6.43. The van der Waals surface area contributed by atoms with Crippen LogP contribution in [0, 0.1) is 5.92 Å². The molecule has 1 aliphatic rings. The SMILES string of the molecule is NCCNC(=O)C1CCCN(C(=O)c2cnc(-c3ccccc3)s2)C1. The van der Waals surface area contributed by atoms with Crippen LogP contribution < -0.4 is 11.1 Å². The molecule has 2 aromatic rings. The third-order valence-corrected chi connectivity index (χ3v) is 5.29. The lowest BCUT2D eigenvalue weighted by atomic mass is 9.97. The quantitative estimate of drug-likeness (QED) is 0.852. The zero-order valence-corrected chi connectivity index (χ0v) is 14.8. The van der Waals surface area contributed by atoms with Crippen LogP contribution in [0.2, 0.25) is 0 Å². The molecule has 2 heterocycles. The normalized spacial score (nSPS) is 17.3. The molecule has 1 aromatic heterocycles. The fraction of sp³-hybridized carbons (Fsp3) is 0.389. The third kappa shape index (κ3) is 4.24. The predicted octanol–water partition coefficient (Wildman–Crippen LogP) is 1.74. The van der Waals surface area contributed by atoms with Crippen molar-refractivity contribution < 1.29 is 9.59 Å².